The number of rotatable bonds is 11. The minimum atomic E-state index is -1.54. The Balaban J connectivity index is 3.27. The van der Waals surface area contributed by atoms with E-state index in [1.54, 1.807) is 0 Å². The van der Waals surface area contributed by atoms with Gasteiger partial charge in [-0.3, -0.25) is 0 Å². The maximum absolute atomic E-state index is 10.6. The Hall–Kier alpha value is -0.570. The van der Waals surface area contributed by atoms with Crippen LogP contribution in [-0.2, 0) is 4.79 Å². The second-order valence-electron chi connectivity index (χ2n) is 5.16. The van der Waals surface area contributed by atoms with E-state index in [2.05, 4.69) is 6.92 Å². The zero-order valence-corrected chi connectivity index (χ0v) is 11.4. The summed E-state index contributed by atoms with van der Waals surface area (Å²) in [6.07, 6.45) is 11.1. The minimum Gasteiger partial charge on any atom is -0.479 e. The summed E-state index contributed by atoms with van der Waals surface area (Å²) in [7, 11) is 0. The number of hydrogen-bond donors (Lipinski definition) is 2. The molecule has 0 aliphatic heterocycles. The van der Waals surface area contributed by atoms with Crippen LogP contribution < -0.4 is 0 Å². The topological polar surface area (TPSA) is 57.5 Å². The lowest BCUT2D eigenvalue weighted by Gasteiger charge is -2.17. The lowest BCUT2D eigenvalue weighted by molar-refractivity contribution is -0.157. The molecule has 102 valence electrons. The summed E-state index contributed by atoms with van der Waals surface area (Å²) in [6.45, 7) is 3.59. The smallest absolute Gasteiger partial charge is 0.335 e. The van der Waals surface area contributed by atoms with Crippen LogP contribution in [0.15, 0.2) is 0 Å². The van der Waals surface area contributed by atoms with Crippen molar-refractivity contribution in [3.05, 3.63) is 0 Å². The van der Waals surface area contributed by atoms with Crippen LogP contribution in [0.1, 0.15) is 78.1 Å². The zero-order chi connectivity index (χ0) is 13.1. The van der Waals surface area contributed by atoms with Gasteiger partial charge in [0.05, 0.1) is 0 Å². The van der Waals surface area contributed by atoms with Gasteiger partial charge in [-0.1, -0.05) is 58.3 Å². The van der Waals surface area contributed by atoms with Gasteiger partial charge in [0.1, 0.15) is 0 Å². The fraction of sp³-hybridized carbons (Fsp3) is 0.929. The summed E-state index contributed by atoms with van der Waals surface area (Å²) < 4.78 is 0. The molecule has 0 amide bonds. The van der Waals surface area contributed by atoms with Crippen molar-refractivity contribution in [2.24, 2.45) is 0 Å². The minimum absolute atomic E-state index is 0.359. The van der Waals surface area contributed by atoms with E-state index >= 15 is 0 Å². The molecule has 0 aromatic rings. The molecule has 0 heterocycles. The average Bonchev–Trinajstić information content (AvgIpc) is 2.26. The summed E-state index contributed by atoms with van der Waals surface area (Å²) >= 11 is 0. The SMILES string of the molecule is CCCCCCCCCCCC(C)(O)C(=O)O. The molecule has 2 N–H and O–H groups in total. The van der Waals surface area contributed by atoms with E-state index in [-0.39, 0.29) is 0 Å². The van der Waals surface area contributed by atoms with Crippen molar-refractivity contribution >= 4 is 5.97 Å². The van der Waals surface area contributed by atoms with Crippen LogP contribution >= 0.6 is 0 Å². The number of aliphatic hydroxyl groups is 1. The van der Waals surface area contributed by atoms with E-state index in [4.69, 9.17) is 5.11 Å². The van der Waals surface area contributed by atoms with Gasteiger partial charge in [-0.25, -0.2) is 4.79 Å². The summed E-state index contributed by atoms with van der Waals surface area (Å²) in [5, 5.41) is 18.2. The second-order valence-corrected chi connectivity index (χ2v) is 5.16. The van der Waals surface area contributed by atoms with Gasteiger partial charge < -0.3 is 10.2 Å². The van der Waals surface area contributed by atoms with E-state index in [0.717, 1.165) is 19.3 Å². The highest BCUT2D eigenvalue weighted by atomic mass is 16.4. The van der Waals surface area contributed by atoms with Gasteiger partial charge in [-0.2, -0.15) is 0 Å². The standard InChI is InChI=1S/C14H28O3/c1-3-4-5-6-7-8-9-10-11-12-14(2,17)13(15)16/h17H,3-12H2,1-2H3,(H,15,16). The average molecular weight is 244 g/mol. The van der Waals surface area contributed by atoms with Crippen molar-refractivity contribution in [2.75, 3.05) is 0 Å². The first-order valence-electron chi connectivity index (χ1n) is 6.96. The molecule has 0 rings (SSSR count). The van der Waals surface area contributed by atoms with E-state index in [1.807, 2.05) is 0 Å². The quantitative estimate of drug-likeness (QED) is 0.544. The molecule has 0 spiro atoms. The van der Waals surface area contributed by atoms with Crippen LogP contribution in [0.2, 0.25) is 0 Å². The lowest BCUT2D eigenvalue weighted by atomic mass is 9.98. The third-order valence-electron chi connectivity index (χ3n) is 3.23. The highest BCUT2D eigenvalue weighted by molar-refractivity contribution is 5.76. The molecule has 0 radical (unpaired) electrons. The first-order chi connectivity index (χ1) is 8.00. The second kappa shape index (κ2) is 9.46. The molecule has 1 unspecified atom stereocenters. The number of aliphatic carboxylic acids is 1. The molecule has 3 heteroatoms. The van der Waals surface area contributed by atoms with Gasteiger partial charge in [0, 0.05) is 0 Å². The number of hydrogen-bond acceptors (Lipinski definition) is 2. The van der Waals surface area contributed by atoms with Crippen LogP contribution in [-0.4, -0.2) is 21.8 Å². The molecule has 0 aliphatic rings. The van der Waals surface area contributed by atoms with Crippen molar-refractivity contribution in [1.29, 1.82) is 0 Å². The Bertz CT molecular complexity index is 200. The zero-order valence-electron chi connectivity index (χ0n) is 11.4. The number of carboxylic acids is 1. The van der Waals surface area contributed by atoms with Gasteiger partial charge >= 0.3 is 5.97 Å². The monoisotopic (exact) mass is 244 g/mol. The van der Waals surface area contributed by atoms with Gasteiger partial charge in [0.15, 0.2) is 5.60 Å². The predicted octanol–water partition coefficient (Wildman–Crippen LogP) is 3.74. The molecular weight excluding hydrogens is 216 g/mol. The summed E-state index contributed by atoms with van der Waals surface area (Å²) in [5.41, 5.74) is -1.54. The molecule has 0 aromatic carbocycles. The van der Waals surface area contributed by atoms with Crippen molar-refractivity contribution in [1.82, 2.24) is 0 Å². The Morgan fingerprint density at radius 3 is 1.76 bits per heavy atom. The van der Waals surface area contributed by atoms with Crippen molar-refractivity contribution < 1.29 is 15.0 Å². The van der Waals surface area contributed by atoms with Gasteiger partial charge in [-0.15, -0.1) is 0 Å². The Morgan fingerprint density at radius 1 is 0.941 bits per heavy atom. The first kappa shape index (κ1) is 16.4. The molecule has 0 saturated heterocycles. The van der Waals surface area contributed by atoms with E-state index < -0.39 is 11.6 Å². The Labute approximate surface area is 105 Å². The highest BCUT2D eigenvalue weighted by Gasteiger charge is 2.28. The van der Waals surface area contributed by atoms with Gasteiger partial charge in [0.25, 0.3) is 0 Å². The molecular formula is C14H28O3. The summed E-state index contributed by atoms with van der Waals surface area (Å²) in [6, 6.07) is 0. The highest BCUT2D eigenvalue weighted by Crippen LogP contribution is 2.16. The maximum atomic E-state index is 10.6. The van der Waals surface area contributed by atoms with E-state index in [0.29, 0.717) is 6.42 Å². The van der Waals surface area contributed by atoms with Crippen LogP contribution in [0.25, 0.3) is 0 Å². The molecule has 0 aliphatic carbocycles. The maximum Gasteiger partial charge on any atom is 0.335 e. The molecule has 0 bridgehead atoms. The van der Waals surface area contributed by atoms with Crippen LogP contribution in [0.4, 0.5) is 0 Å². The third-order valence-corrected chi connectivity index (χ3v) is 3.23. The summed E-state index contributed by atoms with van der Waals surface area (Å²) in [5.74, 6) is -1.11. The lowest BCUT2D eigenvalue weighted by Crippen LogP contribution is -2.34. The molecule has 3 nitrogen and oxygen atoms in total. The van der Waals surface area contributed by atoms with Crippen LogP contribution in [0.5, 0.6) is 0 Å². The molecule has 17 heavy (non-hydrogen) atoms. The molecule has 0 fully saturated rings. The third kappa shape index (κ3) is 9.16. The first-order valence-corrected chi connectivity index (χ1v) is 6.96. The fourth-order valence-corrected chi connectivity index (χ4v) is 1.89. The Morgan fingerprint density at radius 2 is 1.35 bits per heavy atom. The molecule has 0 aromatic heterocycles. The van der Waals surface area contributed by atoms with Crippen LogP contribution in [0, 0.1) is 0 Å². The van der Waals surface area contributed by atoms with Gasteiger partial charge in [0.2, 0.25) is 0 Å². The normalized spacial score (nSPS) is 14.5. The van der Waals surface area contributed by atoms with Gasteiger partial charge in [-0.05, 0) is 19.8 Å². The fourth-order valence-electron chi connectivity index (χ4n) is 1.89. The predicted molar refractivity (Wildman–Crippen MR) is 70.1 cm³/mol. The van der Waals surface area contributed by atoms with Crippen molar-refractivity contribution in [3.63, 3.8) is 0 Å². The van der Waals surface area contributed by atoms with Crippen molar-refractivity contribution in [2.45, 2.75) is 83.7 Å². The molecule has 0 saturated carbocycles. The number of carboxylic acid groups (broad SMARTS) is 1. The van der Waals surface area contributed by atoms with Crippen molar-refractivity contribution in [3.8, 4) is 0 Å². The van der Waals surface area contributed by atoms with E-state index in [1.165, 1.54) is 45.4 Å². The number of unbranched alkanes of at least 4 members (excludes halogenated alkanes) is 8. The number of carbonyl (C=O) groups is 1. The Kier molecular flexibility index (Phi) is 9.14. The largest absolute Gasteiger partial charge is 0.479 e. The van der Waals surface area contributed by atoms with E-state index in [9.17, 15) is 9.90 Å². The van der Waals surface area contributed by atoms with Crippen LogP contribution in [0.3, 0.4) is 0 Å². The summed E-state index contributed by atoms with van der Waals surface area (Å²) in [4.78, 5) is 10.6. The molecule has 1 atom stereocenters.